The average Bonchev–Trinajstić information content (AvgIpc) is 2.81. The van der Waals surface area contributed by atoms with E-state index < -0.39 is 22.0 Å². The summed E-state index contributed by atoms with van der Waals surface area (Å²) in [5, 5.41) is 0.362. The van der Waals surface area contributed by atoms with Crippen LogP contribution in [-0.2, 0) is 10.0 Å². The van der Waals surface area contributed by atoms with Crippen molar-refractivity contribution in [2.24, 2.45) is 0 Å². The van der Waals surface area contributed by atoms with E-state index in [0.717, 1.165) is 15.4 Å². The summed E-state index contributed by atoms with van der Waals surface area (Å²) in [7, 11) is -3.88. The van der Waals surface area contributed by atoms with E-state index in [0.29, 0.717) is 10.9 Å². The number of rotatable bonds is 3. The van der Waals surface area contributed by atoms with Gasteiger partial charge in [0, 0.05) is 10.9 Å². The van der Waals surface area contributed by atoms with Gasteiger partial charge in [0.2, 0.25) is 0 Å². The summed E-state index contributed by atoms with van der Waals surface area (Å²) >= 11 is 3.33. The van der Waals surface area contributed by atoms with Crippen LogP contribution in [0.25, 0.3) is 0 Å². The van der Waals surface area contributed by atoms with E-state index in [1.54, 1.807) is 30.3 Å². The summed E-state index contributed by atoms with van der Waals surface area (Å²) in [6.07, 6.45) is 0. The number of hydrogen-bond acceptors (Lipinski definition) is 3. The van der Waals surface area contributed by atoms with Crippen LogP contribution < -0.4 is 0 Å². The molecule has 0 saturated heterocycles. The number of aryl methyl sites for hydroxylation is 1. The zero-order chi connectivity index (χ0) is 15.9. The molecule has 3 rings (SSSR count). The highest BCUT2D eigenvalue weighted by Gasteiger charge is 2.43. The molecule has 0 spiro atoms. The Labute approximate surface area is 137 Å². The van der Waals surface area contributed by atoms with Crippen molar-refractivity contribution in [2.75, 3.05) is 5.33 Å². The molecule has 0 aliphatic carbocycles. The fourth-order valence-corrected chi connectivity index (χ4v) is 4.99. The van der Waals surface area contributed by atoms with Gasteiger partial charge in [-0.05, 0) is 30.7 Å². The molecule has 1 aliphatic heterocycles. The van der Waals surface area contributed by atoms with E-state index in [1.165, 1.54) is 12.1 Å². The van der Waals surface area contributed by atoms with Crippen LogP contribution in [0.5, 0.6) is 0 Å². The smallest absolute Gasteiger partial charge is 0.268 e. The van der Waals surface area contributed by atoms with Crippen LogP contribution in [0.15, 0.2) is 53.4 Å². The first kappa shape index (κ1) is 15.2. The van der Waals surface area contributed by atoms with Crippen molar-refractivity contribution in [3.05, 3.63) is 65.2 Å². The number of nitrogens with zero attached hydrogens (tertiary/aromatic N) is 1. The minimum Gasteiger partial charge on any atom is -0.268 e. The van der Waals surface area contributed by atoms with Crippen LogP contribution in [0.4, 0.5) is 0 Å². The molecule has 1 unspecified atom stereocenters. The standard InChI is InChI=1S/C16H14BrNO3S/c1-11-6-8-12(9-7-11)22(20,21)18-15(10-17)13-4-2-3-5-14(13)16(18)19/h2-9,15H,10H2,1H3. The Kier molecular flexibility index (Phi) is 3.82. The molecule has 0 fully saturated rings. The Bertz CT molecular complexity index is 831. The lowest BCUT2D eigenvalue weighted by molar-refractivity contribution is 0.0861. The zero-order valence-electron chi connectivity index (χ0n) is 11.9. The molecule has 0 N–H and O–H groups in total. The normalized spacial score (nSPS) is 17.6. The molecule has 2 aromatic carbocycles. The number of halogens is 1. The van der Waals surface area contributed by atoms with Gasteiger partial charge in [0.15, 0.2) is 0 Å². The van der Waals surface area contributed by atoms with Crippen molar-refractivity contribution in [3.63, 3.8) is 0 Å². The Balaban J connectivity index is 2.12. The molecule has 1 atom stereocenters. The van der Waals surface area contributed by atoms with Crippen molar-refractivity contribution in [1.82, 2.24) is 4.31 Å². The predicted octanol–water partition coefficient (Wildman–Crippen LogP) is 3.28. The fraction of sp³-hybridized carbons (Fsp3) is 0.188. The Morgan fingerprint density at radius 1 is 1.09 bits per heavy atom. The van der Waals surface area contributed by atoms with Crippen molar-refractivity contribution in [3.8, 4) is 0 Å². The molecule has 6 heteroatoms. The van der Waals surface area contributed by atoms with Gasteiger partial charge in [-0.3, -0.25) is 4.79 Å². The van der Waals surface area contributed by atoms with Gasteiger partial charge < -0.3 is 0 Å². The van der Waals surface area contributed by atoms with Crippen LogP contribution in [0, 0.1) is 6.92 Å². The van der Waals surface area contributed by atoms with E-state index in [-0.39, 0.29) is 4.90 Å². The first-order valence-corrected chi connectivity index (χ1v) is 9.33. The first-order valence-electron chi connectivity index (χ1n) is 6.77. The van der Waals surface area contributed by atoms with Crippen LogP contribution in [0.1, 0.15) is 27.5 Å². The highest BCUT2D eigenvalue weighted by molar-refractivity contribution is 9.09. The number of amides is 1. The molecule has 1 heterocycles. The zero-order valence-corrected chi connectivity index (χ0v) is 14.3. The average molecular weight is 380 g/mol. The molecule has 1 aliphatic rings. The lowest BCUT2D eigenvalue weighted by Crippen LogP contribution is -2.35. The van der Waals surface area contributed by atoms with Crippen LogP contribution >= 0.6 is 15.9 Å². The molecule has 0 saturated carbocycles. The summed E-state index contributed by atoms with van der Waals surface area (Å²) in [4.78, 5) is 12.7. The molecule has 0 bridgehead atoms. The molecule has 114 valence electrons. The summed E-state index contributed by atoms with van der Waals surface area (Å²) in [5.74, 6) is -0.472. The minimum atomic E-state index is -3.88. The molecular weight excluding hydrogens is 366 g/mol. The molecule has 2 aromatic rings. The highest BCUT2D eigenvalue weighted by Crippen LogP contribution is 2.38. The summed E-state index contributed by atoms with van der Waals surface area (Å²) in [5.41, 5.74) is 2.15. The number of alkyl halides is 1. The predicted molar refractivity (Wildman–Crippen MR) is 87.5 cm³/mol. The van der Waals surface area contributed by atoms with Crippen molar-refractivity contribution >= 4 is 31.9 Å². The summed E-state index contributed by atoms with van der Waals surface area (Å²) < 4.78 is 26.7. The van der Waals surface area contributed by atoms with Crippen molar-refractivity contribution < 1.29 is 13.2 Å². The van der Waals surface area contributed by atoms with Gasteiger partial charge in [0.25, 0.3) is 15.9 Å². The monoisotopic (exact) mass is 379 g/mol. The van der Waals surface area contributed by atoms with Gasteiger partial charge in [0.1, 0.15) is 0 Å². The third-order valence-corrected chi connectivity index (χ3v) is 6.18. The SMILES string of the molecule is Cc1ccc(S(=O)(=O)N2C(=O)c3ccccc3C2CBr)cc1. The maximum absolute atomic E-state index is 12.9. The van der Waals surface area contributed by atoms with E-state index in [9.17, 15) is 13.2 Å². The highest BCUT2D eigenvalue weighted by atomic mass is 79.9. The molecule has 4 nitrogen and oxygen atoms in total. The maximum atomic E-state index is 12.9. The third-order valence-electron chi connectivity index (χ3n) is 3.76. The van der Waals surface area contributed by atoms with Crippen molar-refractivity contribution in [1.29, 1.82) is 0 Å². The molecular formula is C16H14BrNO3S. The second-order valence-corrected chi connectivity index (χ2v) is 7.64. The van der Waals surface area contributed by atoms with Gasteiger partial charge in [-0.25, -0.2) is 12.7 Å². The second kappa shape index (κ2) is 5.52. The lowest BCUT2D eigenvalue weighted by Gasteiger charge is -2.23. The maximum Gasteiger partial charge on any atom is 0.268 e. The van der Waals surface area contributed by atoms with E-state index >= 15 is 0 Å². The van der Waals surface area contributed by atoms with Gasteiger partial charge in [-0.1, -0.05) is 51.8 Å². The number of carbonyl (C=O) groups is 1. The molecule has 22 heavy (non-hydrogen) atoms. The van der Waals surface area contributed by atoms with Crippen LogP contribution in [-0.4, -0.2) is 24.0 Å². The number of benzene rings is 2. The van der Waals surface area contributed by atoms with E-state index in [1.807, 2.05) is 13.0 Å². The summed E-state index contributed by atoms with van der Waals surface area (Å²) in [6.45, 7) is 1.88. The number of hydrogen-bond donors (Lipinski definition) is 0. The largest absolute Gasteiger partial charge is 0.268 e. The molecule has 1 amide bonds. The number of sulfonamides is 1. The second-order valence-electron chi connectivity index (χ2n) is 5.18. The van der Waals surface area contributed by atoms with E-state index in [4.69, 9.17) is 0 Å². The summed E-state index contributed by atoms with van der Waals surface area (Å²) in [6, 6.07) is 13.0. The quantitative estimate of drug-likeness (QED) is 0.768. The number of carbonyl (C=O) groups excluding carboxylic acids is 1. The van der Waals surface area contributed by atoms with Gasteiger partial charge in [0.05, 0.1) is 10.9 Å². The Hall–Kier alpha value is -1.66. The Morgan fingerprint density at radius 3 is 2.36 bits per heavy atom. The van der Waals surface area contributed by atoms with Crippen LogP contribution in [0.3, 0.4) is 0 Å². The first-order chi connectivity index (χ1) is 10.5. The minimum absolute atomic E-state index is 0.130. The van der Waals surface area contributed by atoms with E-state index in [2.05, 4.69) is 15.9 Å². The molecule has 0 aromatic heterocycles. The number of fused-ring (bicyclic) bond motifs is 1. The van der Waals surface area contributed by atoms with Gasteiger partial charge >= 0.3 is 0 Å². The third kappa shape index (κ3) is 2.27. The van der Waals surface area contributed by atoms with Crippen LogP contribution in [0.2, 0.25) is 0 Å². The Morgan fingerprint density at radius 2 is 1.73 bits per heavy atom. The fourth-order valence-electron chi connectivity index (χ4n) is 2.62. The molecule has 0 radical (unpaired) electrons. The van der Waals surface area contributed by atoms with Crippen molar-refractivity contribution in [2.45, 2.75) is 17.9 Å². The topological polar surface area (TPSA) is 54.5 Å². The van der Waals surface area contributed by atoms with Gasteiger partial charge in [-0.2, -0.15) is 0 Å². The van der Waals surface area contributed by atoms with Gasteiger partial charge in [-0.15, -0.1) is 0 Å². The lowest BCUT2D eigenvalue weighted by atomic mass is 10.1.